The van der Waals surface area contributed by atoms with Crippen LogP contribution in [0.1, 0.15) is 24.0 Å². The second-order valence-corrected chi connectivity index (χ2v) is 6.18. The molecule has 0 aromatic heterocycles. The molecule has 0 aliphatic carbocycles. The van der Waals surface area contributed by atoms with Crippen molar-refractivity contribution >= 4 is 10.8 Å². The monoisotopic (exact) mass is 253 g/mol. The van der Waals surface area contributed by atoms with Crippen molar-refractivity contribution in [3.8, 4) is 0 Å². The summed E-state index contributed by atoms with van der Waals surface area (Å²) >= 11 is 0. The largest absolute Gasteiger partial charge is 0.392 e. The Hall–Kier alpha value is -0.710. The molecule has 0 spiro atoms. The van der Waals surface area contributed by atoms with Gasteiger partial charge in [0.25, 0.3) is 0 Å². The summed E-state index contributed by atoms with van der Waals surface area (Å²) in [7, 11) is -0.587. The molecular formula is C13H19NO2S. The maximum absolute atomic E-state index is 11.2. The summed E-state index contributed by atoms with van der Waals surface area (Å²) in [5.41, 5.74) is 2.15. The molecule has 1 heterocycles. The van der Waals surface area contributed by atoms with E-state index in [1.54, 1.807) is 0 Å². The maximum atomic E-state index is 11.2. The van der Waals surface area contributed by atoms with Gasteiger partial charge < -0.3 is 10.4 Å². The van der Waals surface area contributed by atoms with Crippen LogP contribution in [-0.4, -0.2) is 26.9 Å². The molecular weight excluding hydrogens is 234 g/mol. The average molecular weight is 253 g/mol. The molecule has 0 unspecified atom stereocenters. The van der Waals surface area contributed by atoms with Crippen LogP contribution in [-0.2, 0) is 24.0 Å². The number of hydrogen-bond acceptors (Lipinski definition) is 3. The van der Waals surface area contributed by atoms with E-state index < -0.39 is 10.8 Å². The van der Waals surface area contributed by atoms with E-state index in [1.807, 2.05) is 18.2 Å². The van der Waals surface area contributed by atoms with Crippen LogP contribution in [0.4, 0.5) is 0 Å². The van der Waals surface area contributed by atoms with Gasteiger partial charge in [0.1, 0.15) is 0 Å². The zero-order valence-electron chi connectivity index (χ0n) is 9.89. The van der Waals surface area contributed by atoms with Gasteiger partial charge in [0.2, 0.25) is 0 Å². The first-order valence-electron chi connectivity index (χ1n) is 6.05. The van der Waals surface area contributed by atoms with Crippen LogP contribution < -0.4 is 5.32 Å². The van der Waals surface area contributed by atoms with Gasteiger partial charge in [-0.15, -0.1) is 0 Å². The molecule has 0 atom stereocenters. The SMILES string of the molecule is O=S1CCC(NCc2cccc(CO)c2)CC1. The second-order valence-electron chi connectivity index (χ2n) is 4.48. The standard InChI is InChI=1S/C13H19NO2S/c15-10-12-3-1-2-11(8-12)9-14-13-4-6-17(16)7-5-13/h1-3,8,13-15H,4-7,9-10H2. The Balaban J connectivity index is 1.82. The van der Waals surface area contributed by atoms with Crippen LogP contribution >= 0.6 is 0 Å². The van der Waals surface area contributed by atoms with Crippen molar-refractivity contribution in [2.24, 2.45) is 0 Å². The third-order valence-electron chi connectivity index (χ3n) is 3.16. The maximum Gasteiger partial charge on any atom is 0.0681 e. The van der Waals surface area contributed by atoms with Gasteiger partial charge in [-0.2, -0.15) is 0 Å². The summed E-state index contributed by atoms with van der Waals surface area (Å²) in [5, 5.41) is 12.5. The lowest BCUT2D eigenvalue weighted by Crippen LogP contribution is -2.35. The number of aliphatic hydroxyl groups excluding tert-OH is 1. The van der Waals surface area contributed by atoms with Gasteiger partial charge in [-0.1, -0.05) is 24.3 Å². The molecule has 94 valence electrons. The third-order valence-corrected chi connectivity index (χ3v) is 4.54. The number of benzene rings is 1. The molecule has 3 nitrogen and oxygen atoms in total. The molecule has 1 aliphatic rings. The van der Waals surface area contributed by atoms with E-state index in [9.17, 15) is 4.21 Å². The predicted molar refractivity (Wildman–Crippen MR) is 70.1 cm³/mol. The topological polar surface area (TPSA) is 49.3 Å². The van der Waals surface area contributed by atoms with E-state index in [-0.39, 0.29) is 6.61 Å². The minimum absolute atomic E-state index is 0.0935. The lowest BCUT2D eigenvalue weighted by Gasteiger charge is -2.22. The molecule has 1 aromatic rings. The fourth-order valence-corrected chi connectivity index (χ4v) is 3.40. The number of hydrogen-bond donors (Lipinski definition) is 2. The highest BCUT2D eigenvalue weighted by molar-refractivity contribution is 7.85. The second kappa shape index (κ2) is 6.28. The van der Waals surface area contributed by atoms with Crippen LogP contribution in [0.2, 0.25) is 0 Å². The van der Waals surface area contributed by atoms with E-state index in [1.165, 1.54) is 5.56 Å². The van der Waals surface area contributed by atoms with Crippen LogP contribution in [0.3, 0.4) is 0 Å². The quantitative estimate of drug-likeness (QED) is 0.847. The molecule has 1 aliphatic heterocycles. The predicted octanol–water partition coefficient (Wildman–Crippen LogP) is 1.18. The zero-order valence-corrected chi connectivity index (χ0v) is 10.7. The number of nitrogens with one attached hydrogen (secondary N) is 1. The van der Waals surface area contributed by atoms with Crippen LogP contribution in [0.25, 0.3) is 0 Å². The fraction of sp³-hybridized carbons (Fsp3) is 0.538. The van der Waals surface area contributed by atoms with Crippen molar-refractivity contribution in [2.75, 3.05) is 11.5 Å². The van der Waals surface area contributed by atoms with E-state index >= 15 is 0 Å². The van der Waals surface area contributed by atoms with Crippen LogP contribution in [0.15, 0.2) is 24.3 Å². The Labute approximate surface area is 105 Å². The van der Waals surface area contributed by atoms with E-state index in [0.717, 1.165) is 36.5 Å². The molecule has 1 saturated heterocycles. The lowest BCUT2D eigenvalue weighted by atomic mass is 10.1. The van der Waals surface area contributed by atoms with Gasteiger partial charge in [-0.25, -0.2) is 0 Å². The Morgan fingerprint density at radius 1 is 1.29 bits per heavy atom. The number of aliphatic hydroxyl groups is 1. The Morgan fingerprint density at radius 2 is 2.00 bits per heavy atom. The molecule has 1 aromatic carbocycles. The molecule has 0 bridgehead atoms. The minimum atomic E-state index is -0.587. The minimum Gasteiger partial charge on any atom is -0.392 e. The van der Waals surface area contributed by atoms with Gasteiger partial charge in [0, 0.05) is 34.9 Å². The van der Waals surface area contributed by atoms with Crippen molar-refractivity contribution in [2.45, 2.75) is 32.0 Å². The first kappa shape index (κ1) is 12.7. The highest BCUT2D eigenvalue weighted by Gasteiger charge is 2.16. The van der Waals surface area contributed by atoms with E-state index in [2.05, 4.69) is 11.4 Å². The van der Waals surface area contributed by atoms with Crippen LogP contribution in [0, 0.1) is 0 Å². The molecule has 17 heavy (non-hydrogen) atoms. The van der Waals surface area contributed by atoms with Gasteiger partial charge in [0.05, 0.1) is 6.61 Å². The summed E-state index contributed by atoms with van der Waals surface area (Å²) in [6.45, 7) is 0.918. The van der Waals surface area contributed by atoms with Gasteiger partial charge >= 0.3 is 0 Å². The average Bonchev–Trinajstić information content (AvgIpc) is 2.38. The lowest BCUT2D eigenvalue weighted by molar-refractivity contribution is 0.281. The molecule has 2 N–H and O–H groups in total. The van der Waals surface area contributed by atoms with Gasteiger partial charge in [0.15, 0.2) is 0 Å². The molecule has 2 rings (SSSR count). The first-order chi connectivity index (χ1) is 8.28. The smallest absolute Gasteiger partial charge is 0.0681 e. The summed E-state index contributed by atoms with van der Waals surface area (Å²) in [4.78, 5) is 0. The van der Waals surface area contributed by atoms with Crippen LogP contribution in [0.5, 0.6) is 0 Å². The van der Waals surface area contributed by atoms with Crippen molar-refractivity contribution in [1.29, 1.82) is 0 Å². The zero-order chi connectivity index (χ0) is 12.1. The summed E-state index contributed by atoms with van der Waals surface area (Å²) in [5.74, 6) is 1.66. The van der Waals surface area contributed by atoms with Crippen molar-refractivity contribution in [3.05, 3.63) is 35.4 Å². The summed E-state index contributed by atoms with van der Waals surface area (Å²) < 4.78 is 11.2. The molecule has 0 saturated carbocycles. The first-order valence-corrected chi connectivity index (χ1v) is 7.54. The highest BCUT2D eigenvalue weighted by Crippen LogP contribution is 2.11. The Morgan fingerprint density at radius 3 is 2.71 bits per heavy atom. The Bertz CT molecular complexity index is 385. The van der Waals surface area contributed by atoms with E-state index in [0.29, 0.717) is 6.04 Å². The van der Waals surface area contributed by atoms with Crippen molar-refractivity contribution in [3.63, 3.8) is 0 Å². The highest BCUT2D eigenvalue weighted by atomic mass is 32.2. The fourth-order valence-electron chi connectivity index (χ4n) is 2.10. The van der Waals surface area contributed by atoms with Gasteiger partial charge in [-0.3, -0.25) is 4.21 Å². The van der Waals surface area contributed by atoms with Gasteiger partial charge in [-0.05, 0) is 24.0 Å². The van der Waals surface area contributed by atoms with Crippen molar-refractivity contribution < 1.29 is 9.32 Å². The normalized spacial score (nSPS) is 24.8. The molecule has 0 amide bonds. The summed E-state index contributed by atoms with van der Waals surface area (Å²) in [6.07, 6.45) is 2.01. The Kier molecular flexibility index (Phi) is 4.71. The van der Waals surface area contributed by atoms with Crippen molar-refractivity contribution in [1.82, 2.24) is 5.32 Å². The number of rotatable bonds is 4. The molecule has 0 radical (unpaired) electrons. The molecule has 1 fully saturated rings. The molecule has 4 heteroatoms. The summed E-state index contributed by atoms with van der Waals surface area (Å²) in [6, 6.07) is 8.47. The third kappa shape index (κ3) is 3.91. The van der Waals surface area contributed by atoms with E-state index in [4.69, 9.17) is 5.11 Å².